The predicted octanol–water partition coefficient (Wildman–Crippen LogP) is 10.4. The van der Waals surface area contributed by atoms with Crippen LogP contribution in [0.3, 0.4) is 0 Å². The fourth-order valence-electron chi connectivity index (χ4n) is 5.36. The van der Waals surface area contributed by atoms with E-state index in [4.69, 9.17) is 9.97 Å². The molecule has 0 fully saturated rings. The summed E-state index contributed by atoms with van der Waals surface area (Å²) in [5.74, 6) is -0.564. The minimum absolute atomic E-state index is 0.471. The summed E-state index contributed by atoms with van der Waals surface area (Å²) in [5, 5.41) is 0.910. The van der Waals surface area contributed by atoms with Crippen molar-refractivity contribution in [1.29, 1.82) is 0 Å². The van der Waals surface area contributed by atoms with Gasteiger partial charge in [-0.2, -0.15) is 0 Å². The van der Waals surface area contributed by atoms with Crippen molar-refractivity contribution in [2.75, 3.05) is 4.90 Å². The van der Waals surface area contributed by atoms with Crippen LogP contribution in [0, 0.1) is 11.6 Å². The molecule has 0 aliphatic rings. The molecule has 0 bridgehead atoms. The summed E-state index contributed by atoms with van der Waals surface area (Å²) in [4.78, 5) is 12.1. The van der Waals surface area contributed by atoms with Crippen LogP contribution in [-0.4, -0.2) is 9.97 Å². The average Bonchev–Trinajstić information content (AvgIpc) is 3.05. The van der Waals surface area contributed by atoms with Gasteiger partial charge in [-0.15, -0.1) is 0 Å². The molecule has 7 rings (SSSR count). The van der Waals surface area contributed by atoms with Crippen LogP contribution in [0.15, 0.2) is 152 Å². The number of rotatable bonds is 6. The molecule has 0 aliphatic carbocycles. The lowest BCUT2D eigenvalue weighted by molar-refractivity contribution is 0.584. The Morgan fingerprint density at radius 3 is 1.70 bits per heavy atom. The second-order valence-electron chi connectivity index (χ2n) is 10.2. The molecule has 0 saturated heterocycles. The minimum Gasteiger partial charge on any atom is -0.310 e. The first-order valence-electron chi connectivity index (χ1n) is 14.0. The van der Waals surface area contributed by atoms with Gasteiger partial charge in [0.2, 0.25) is 0 Å². The zero-order valence-corrected chi connectivity index (χ0v) is 23.0. The van der Waals surface area contributed by atoms with E-state index in [0.29, 0.717) is 17.0 Å². The number of halogens is 2. The summed E-state index contributed by atoms with van der Waals surface area (Å²) in [5.41, 5.74) is 7.46. The van der Waals surface area contributed by atoms with Crippen LogP contribution in [0.5, 0.6) is 0 Å². The monoisotopic (exact) mass is 561 g/mol. The molecule has 1 heterocycles. The van der Waals surface area contributed by atoms with Crippen LogP contribution in [0.4, 0.5) is 25.8 Å². The molecule has 5 heteroatoms. The van der Waals surface area contributed by atoms with Crippen molar-refractivity contribution in [3.8, 4) is 33.8 Å². The molecule has 6 aromatic carbocycles. The normalized spacial score (nSPS) is 11.0. The van der Waals surface area contributed by atoms with Gasteiger partial charge in [0, 0.05) is 39.6 Å². The smallest absolute Gasteiger partial charge is 0.160 e. The van der Waals surface area contributed by atoms with Crippen molar-refractivity contribution in [2.45, 2.75) is 0 Å². The summed E-state index contributed by atoms with van der Waals surface area (Å²) in [7, 11) is 0. The molecule has 3 nitrogen and oxygen atoms in total. The second-order valence-corrected chi connectivity index (χ2v) is 10.2. The van der Waals surface area contributed by atoms with Crippen molar-refractivity contribution >= 4 is 28.0 Å². The number of nitrogens with zero attached hydrogens (tertiary/aromatic N) is 3. The number of para-hydroxylation sites is 1. The van der Waals surface area contributed by atoms with E-state index in [1.807, 2.05) is 115 Å². The first-order chi connectivity index (χ1) is 21.1. The maximum absolute atomic E-state index is 14.1. The summed E-state index contributed by atoms with van der Waals surface area (Å²) < 4.78 is 28.2. The third-order valence-electron chi connectivity index (χ3n) is 7.33. The molecule has 0 spiro atoms. The Bertz CT molecular complexity index is 2030. The average molecular weight is 562 g/mol. The van der Waals surface area contributed by atoms with Crippen LogP contribution in [0.2, 0.25) is 0 Å². The number of benzene rings is 6. The molecule has 0 radical (unpaired) electrons. The molecule has 0 amide bonds. The Morgan fingerprint density at radius 1 is 0.419 bits per heavy atom. The van der Waals surface area contributed by atoms with E-state index in [1.165, 1.54) is 12.1 Å². The van der Waals surface area contributed by atoms with Gasteiger partial charge in [-0.1, -0.05) is 91.0 Å². The highest BCUT2D eigenvalue weighted by molar-refractivity contribution is 5.97. The molecular weight excluding hydrogens is 536 g/mol. The molecule has 1 aromatic heterocycles. The van der Waals surface area contributed by atoms with E-state index in [1.54, 1.807) is 0 Å². The van der Waals surface area contributed by atoms with Crippen molar-refractivity contribution in [3.05, 3.63) is 163 Å². The van der Waals surface area contributed by atoms with Gasteiger partial charge in [-0.25, -0.2) is 18.7 Å². The SMILES string of the molecule is Fc1cc(F)cc(-c2cccc(N(c3ccccc3)c3ccc4nc(-c5ccccc5)nc(-c5ccccc5)c4c3)c2)c1. The van der Waals surface area contributed by atoms with Gasteiger partial charge in [0.15, 0.2) is 5.82 Å². The van der Waals surface area contributed by atoms with E-state index in [-0.39, 0.29) is 0 Å². The van der Waals surface area contributed by atoms with Gasteiger partial charge in [0.25, 0.3) is 0 Å². The van der Waals surface area contributed by atoms with Gasteiger partial charge >= 0.3 is 0 Å². The van der Waals surface area contributed by atoms with Gasteiger partial charge in [0.05, 0.1) is 11.2 Å². The van der Waals surface area contributed by atoms with E-state index in [2.05, 4.69) is 23.1 Å². The third kappa shape index (κ3) is 5.36. The number of hydrogen-bond acceptors (Lipinski definition) is 3. The van der Waals surface area contributed by atoms with Crippen LogP contribution in [0.25, 0.3) is 44.7 Å². The highest BCUT2D eigenvalue weighted by atomic mass is 19.1. The molecule has 7 aromatic rings. The molecule has 0 unspecified atom stereocenters. The van der Waals surface area contributed by atoms with Gasteiger partial charge < -0.3 is 4.90 Å². The van der Waals surface area contributed by atoms with Gasteiger partial charge in [-0.3, -0.25) is 0 Å². The van der Waals surface area contributed by atoms with Crippen molar-refractivity contribution < 1.29 is 8.78 Å². The molecule has 43 heavy (non-hydrogen) atoms. The molecule has 0 atom stereocenters. The standard InChI is InChI=1S/C38H25F2N3/c39-30-21-29(22-31(40)24-30)28-15-10-18-33(23-28)43(32-16-8-3-9-17-32)34-19-20-36-35(25-34)37(26-11-4-1-5-12-26)42-38(41-36)27-13-6-2-7-14-27/h1-25H. The summed E-state index contributed by atoms with van der Waals surface area (Å²) >= 11 is 0. The third-order valence-corrected chi connectivity index (χ3v) is 7.33. The highest BCUT2D eigenvalue weighted by Crippen LogP contribution is 2.39. The zero-order valence-electron chi connectivity index (χ0n) is 23.0. The fourth-order valence-corrected chi connectivity index (χ4v) is 5.36. The largest absolute Gasteiger partial charge is 0.310 e. The van der Waals surface area contributed by atoms with Crippen LogP contribution >= 0.6 is 0 Å². The first kappa shape index (κ1) is 26.2. The van der Waals surface area contributed by atoms with Crippen LogP contribution in [0.1, 0.15) is 0 Å². The molecule has 206 valence electrons. The maximum Gasteiger partial charge on any atom is 0.160 e. The Labute approximate surface area is 248 Å². The topological polar surface area (TPSA) is 29.0 Å². The summed E-state index contributed by atoms with van der Waals surface area (Å²) in [6.07, 6.45) is 0. The molecule has 0 saturated carbocycles. The quantitative estimate of drug-likeness (QED) is 0.202. The van der Waals surface area contributed by atoms with E-state index in [0.717, 1.165) is 50.9 Å². The lowest BCUT2D eigenvalue weighted by atomic mass is 10.0. The van der Waals surface area contributed by atoms with Crippen molar-refractivity contribution in [2.24, 2.45) is 0 Å². The minimum atomic E-state index is -0.613. The highest BCUT2D eigenvalue weighted by Gasteiger charge is 2.17. The van der Waals surface area contributed by atoms with E-state index in [9.17, 15) is 8.78 Å². The van der Waals surface area contributed by atoms with Gasteiger partial charge in [0.1, 0.15) is 11.6 Å². The summed E-state index contributed by atoms with van der Waals surface area (Å²) in [6.45, 7) is 0. The van der Waals surface area contributed by atoms with E-state index < -0.39 is 11.6 Å². The Kier molecular flexibility index (Phi) is 6.89. The van der Waals surface area contributed by atoms with Crippen molar-refractivity contribution in [3.63, 3.8) is 0 Å². The molecule has 0 N–H and O–H groups in total. The Morgan fingerprint density at radius 2 is 1.00 bits per heavy atom. The summed E-state index contributed by atoms with van der Waals surface area (Å²) in [6, 6.07) is 47.5. The van der Waals surface area contributed by atoms with E-state index >= 15 is 0 Å². The molecule has 0 aliphatic heterocycles. The van der Waals surface area contributed by atoms with Crippen LogP contribution in [-0.2, 0) is 0 Å². The number of fused-ring (bicyclic) bond motifs is 1. The Balaban J connectivity index is 1.42. The second kappa shape index (κ2) is 11.3. The van der Waals surface area contributed by atoms with Gasteiger partial charge in [-0.05, 0) is 65.7 Å². The lowest BCUT2D eigenvalue weighted by Gasteiger charge is -2.26. The zero-order chi connectivity index (χ0) is 29.2. The number of anilines is 3. The maximum atomic E-state index is 14.1. The molecular formula is C38H25F2N3. The number of hydrogen-bond donors (Lipinski definition) is 0. The lowest BCUT2D eigenvalue weighted by Crippen LogP contribution is -2.10. The van der Waals surface area contributed by atoms with Crippen molar-refractivity contribution in [1.82, 2.24) is 9.97 Å². The fraction of sp³-hybridized carbons (Fsp3) is 0. The Hall–Kier alpha value is -5.68. The van der Waals surface area contributed by atoms with Crippen LogP contribution < -0.4 is 4.90 Å². The number of aromatic nitrogens is 2. The predicted molar refractivity (Wildman–Crippen MR) is 170 cm³/mol. The first-order valence-corrected chi connectivity index (χ1v) is 14.0.